The molecule has 1 aliphatic heterocycles. The molecule has 3 aromatic rings. The topological polar surface area (TPSA) is 93.0 Å². The lowest BCUT2D eigenvalue weighted by atomic mass is 10.0. The van der Waals surface area contributed by atoms with Crippen molar-refractivity contribution in [3.63, 3.8) is 0 Å². The maximum absolute atomic E-state index is 12.2. The molecule has 1 aliphatic rings. The van der Waals surface area contributed by atoms with E-state index in [0.29, 0.717) is 31.7 Å². The predicted molar refractivity (Wildman–Crippen MR) is 108 cm³/mol. The van der Waals surface area contributed by atoms with E-state index < -0.39 is 0 Å². The van der Waals surface area contributed by atoms with Gasteiger partial charge in [-0.05, 0) is 12.0 Å². The second kappa shape index (κ2) is 8.38. The Hall–Kier alpha value is -3.29. The molecule has 1 aromatic carbocycles. The van der Waals surface area contributed by atoms with Crippen molar-refractivity contribution in [1.29, 1.82) is 0 Å². The molecule has 1 unspecified atom stereocenters. The van der Waals surface area contributed by atoms with Crippen LogP contribution in [0.1, 0.15) is 30.5 Å². The first kappa shape index (κ1) is 19.0. The number of aromatic nitrogens is 4. The Morgan fingerprint density at radius 2 is 1.97 bits per heavy atom. The zero-order valence-electron chi connectivity index (χ0n) is 16.4. The monoisotopic (exact) mass is 392 g/mol. The van der Waals surface area contributed by atoms with E-state index in [4.69, 9.17) is 5.10 Å². The number of benzene rings is 1. The van der Waals surface area contributed by atoms with E-state index in [9.17, 15) is 9.59 Å². The van der Waals surface area contributed by atoms with Gasteiger partial charge in [0, 0.05) is 44.9 Å². The highest BCUT2D eigenvalue weighted by Gasteiger charge is 2.30. The van der Waals surface area contributed by atoms with Gasteiger partial charge < -0.3 is 10.2 Å². The average molecular weight is 392 g/mol. The summed E-state index contributed by atoms with van der Waals surface area (Å²) in [7, 11) is 0. The number of nitrogens with one attached hydrogen (secondary N) is 1. The van der Waals surface area contributed by atoms with Crippen LogP contribution in [-0.2, 0) is 22.6 Å². The molecule has 0 bridgehead atoms. The summed E-state index contributed by atoms with van der Waals surface area (Å²) in [6, 6.07) is 9.66. The van der Waals surface area contributed by atoms with Crippen molar-refractivity contribution in [1.82, 2.24) is 30.0 Å². The zero-order valence-corrected chi connectivity index (χ0v) is 16.4. The van der Waals surface area contributed by atoms with Crippen LogP contribution in [0.15, 0.2) is 42.7 Å². The summed E-state index contributed by atoms with van der Waals surface area (Å²) in [6.07, 6.45) is 4.54. The molecule has 150 valence electrons. The number of nitrogens with zero attached hydrogens (tertiary/aromatic N) is 5. The lowest BCUT2D eigenvalue weighted by molar-refractivity contribution is -0.127. The van der Waals surface area contributed by atoms with Crippen molar-refractivity contribution in [3.05, 3.63) is 54.0 Å². The van der Waals surface area contributed by atoms with Crippen LogP contribution >= 0.6 is 0 Å². The summed E-state index contributed by atoms with van der Waals surface area (Å²) in [5.41, 5.74) is 3.35. The van der Waals surface area contributed by atoms with Crippen LogP contribution in [0, 0.1) is 0 Å². The van der Waals surface area contributed by atoms with Gasteiger partial charge in [0.15, 0.2) is 5.65 Å². The highest BCUT2D eigenvalue weighted by molar-refractivity contribution is 5.78. The van der Waals surface area contributed by atoms with Crippen LogP contribution in [0.5, 0.6) is 0 Å². The number of amides is 2. The van der Waals surface area contributed by atoms with Gasteiger partial charge in [0.05, 0.1) is 18.7 Å². The van der Waals surface area contributed by atoms with Crippen molar-refractivity contribution in [3.8, 4) is 0 Å². The number of fused-ring (bicyclic) bond motifs is 1. The molecule has 1 N–H and O–H groups in total. The molecule has 0 saturated carbocycles. The fourth-order valence-electron chi connectivity index (χ4n) is 3.77. The highest BCUT2D eigenvalue weighted by Crippen LogP contribution is 2.30. The molecule has 8 heteroatoms. The molecule has 0 radical (unpaired) electrons. The first-order chi connectivity index (χ1) is 14.1. The van der Waals surface area contributed by atoms with Gasteiger partial charge in [0.25, 0.3) is 0 Å². The molecule has 29 heavy (non-hydrogen) atoms. The minimum Gasteiger partial charge on any atom is -0.354 e. The normalized spacial score (nSPS) is 16.3. The van der Waals surface area contributed by atoms with E-state index in [0.717, 1.165) is 29.7 Å². The predicted octanol–water partition coefficient (Wildman–Crippen LogP) is 1.52. The molecule has 2 amide bonds. The zero-order chi connectivity index (χ0) is 20.2. The van der Waals surface area contributed by atoms with Gasteiger partial charge in [-0.3, -0.25) is 9.59 Å². The minimum absolute atomic E-state index is 0.0214. The lowest BCUT2D eigenvalue weighted by Gasteiger charge is -2.12. The van der Waals surface area contributed by atoms with Gasteiger partial charge >= 0.3 is 0 Å². The summed E-state index contributed by atoms with van der Waals surface area (Å²) < 4.78 is 1.80. The Morgan fingerprint density at radius 1 is 1.17 bits per heavy atom. The smallest absolute Gasteiger partial charge is 0.224 e. The number of carbonyl (C=O) groups excluding carboxylic acids is 2. The van der Waals surface area contributed by atoms with E-state index in [1.165, 1.54) is 0 Å². The molecule has 0 aliphatic carbocycles. The van der Waals surface area contributed by atoms with E-state index >= 15 is 0 Å². The van der Waals surface area contributed by atoms with Gasteiger partial charge in [0.2, 0.25) is 11.8 Å². The fourth-order valence-corrected chi connectivity index (χ4v) is 3.77. The van der Waals surface area contributed by atoms with Crippen LogP contribution in [0.4, 0.5) is 0 Å². The molecule has 1 fully saturated rings. The van der Waals surface area contributed by atoms with Gasteiger partial charge in [-0.2, -0.15) is 5.10 Å². The number of likely N-dealkylation sites (tertiary alicyclic amines) is 1. The standard InChI is InChI=1S/C21H24N6O2/c1-15(28)26-11-7-17(14-26)19-20-21(24-9-8-23-20)27(25-19)12-10-22-18(29)13-16-5-3-2-4-6-16/h2-6,8-9,17H,7,10-14H2,1H3,(H,22,29). The molecule has 1 saturated heterocycles. The summed E-state index contributed by atoms with van der Waals surface area (Å²) in [5.74, 6) is 0.224. The van der Waals surface area contributed by atoms with Crippen LogP contribution in [0.2, 0.25) is 0 Å². The second-order valence-corrected chi connectivity index (χ2v) is 7.30. The molecule has 8 nitrogen and oxygen atoms in total. The van der Waals surface area contributed by atoms with Gasteiger partial charge in [-0.15, -0.1) is 0 Å². The van der Waals surface area contributed by atoms with Crippen LogP contribution in [-0.4, -0.2) is 56.1 Å². The summed E-state index contributed by atoms with van der Waals surface area (Å²) in [4.78, 5) is 34.6. The third kappa shape index (κ3) is 4.26. The summed E-state index contributed by atoms with van der Waals surface area (Å²) in [6.45, 7) is 3.97. The first-order valence-electron chi connectivity index (χ1n) is 9.85. The number of carbonyl (C=O) groups is 2. The average Bonchev–Trinajstić information content (AvgIpc) is 3.34. The number of hydrogen-bond acceptors (Lipinski definition) is 5. The van der Waals surface area contributed by atoms with E-state index in [2.05, 4.69) is 15.3 Å². The van der Waals surface area contributed by atoms with Gasteiger partial charge in [-0.25, -0.2) is 14.6 Å². The number of hydrogen-bond donors (Lipinski definition) is 1. The van der Waals surface area contributed by atoms with Crippen molar-refractivity contribution in [2.24, 2.45) is 0 Å². The molecule has 0 spiro atoms. The quantitative estimate of drug-likeness (QED) is 0.687. The molecule has 3 heterocycles. The Kier molecular flexibility index (Phi) is 5.50. The van der Waals surface area contributed by atoms with Crippen LogP contribution in [0.25, 0.3) is 11.2 Å². The third-order valence-corrected chi connectivity index (χ3v) is 5.27. The maximum Gasteiger partial charge on any atom is 0.224 e. The molecular weight excluding hydrogens is 368 g/mol. The summed E-state index contributed by atoms with van der Waals surface area (Å²) >= 11 is 0. The van der Waals surface area contributed by atoms with Crippen LogP contribution in [0.3, 0.4) is 0 Å². The molecule has 1 atom stereocenters. The van der Waals surface area contributed by atoms with E-state index in [-0.39, 0.29) is 17.7 Å². The highest BCUT2D eigenvalue weighted by atomic mass is 16.2. The SMILES string of the molecule is CC(=O)N1CCC(c2nn(CCNC(=O)Cc3ccccc3)c3nccnc23)C1. The number of rotatable bonds is 6. The fraction of sp³-hybridized carbons (Fsp3) is 0.381. The second-order valence-electron chi connectivity index (χ2n) is 7.30. The van der Waals surface area contributed by atoms with E-state index in [1.807, 2.05) is 35.2 Å². The third-order valence-electron chi connectivity index (χ3n) is 5.27. The van der Waals surface area contributed by atoms with Crippen molar-refractivity contribution >= 4 is 23.0 Å². The Morgan fingerprint density at radius 3 is 2.72 bits per heavy atom. The Balaban J connectivity index is 1.43. The molecule has 2 aromatic heterocycles. The summed E-state index contributed by atoms with van der Waals surface area (Å²) in [5, 5.41) is 7.69. The maximum atomic E-state index is 12.2. The van der Waals surface area contributed by atoms with Crippen molar-refractivity contribution in [2.75, 3.05) is 19.6 Å². The molecular formula is C21H24N6O2. The van der Waals surface area contributed by atoms with E-state index in [1.54, 1.807) is 24.0 Å². The largest absolute Gasteiger partial charge is 0.354 e. The Bertz CT molecular complexity index is 1020. The lowest BCUT2D eigenvalue weighted by Crippen LogP contribution is -2.29. The minimum atomic E-state index is -0.0214. The van der Waals surface area contributed by atoms with Crippen molar-refractivity contribution in [2.45, 2.75) is 32.2 Å². The first-order valence-corrected chi connectivity index (χ1v) is 9.85. The molecule has 4 rings (SSSR count). The van der Waals surface area contributed by atoms with Gasteiger partial charge in [0.1, 0.15) is 5.52 Å². The van der Waals surface area contributed by atoms with Crippen molar-refractivity contribution < 1.29 is 9.59 Å². The van der Waals surface area contributed by atoms with Gasteiger partial charge in [-0.1, -0.05) is 30.3 Å². The Labute approximate surface area is 168 Å². The van der Waals surface area contributed by atoms with Crippen LogP contribution < -0.4 is 5.32 Å².